The first-order valence-corrected chi connectivity index (χ1v) is 7.53. The van der Waals surface area contributed by atoms with Gasteiger partial charge in [-0.05, 0) is 12.1 Å². The molecule has 0 unspecified atom stereocenters. The van der Waals surface area contributed by atoms with Crippen LogP contribution in [0, 0.1) is 0 Å². The van der Waals surface area contributed by atoms with Crippen molar-refractivity contribution >= 4 is 27.7 Å². The number of hydrogen-bond acceptors (Lipinski definition) is 4. The van der Waals surface area contributed by atoms with Crippen LogP contribution in [-0.4, -0.2) is 45.7 Å². The monoisotopic (exact) mass is 304 g/mol. The van der Waals surface area contributed by atoms with Crippen LogP contribution in [-0.2, 0) is 14.8 Å². The van der Waals surface area contributed by atoms with Gasteiger partial charge in [-0.2, -0.15) is 0 Å². The van der Waals surface area contributed by atoms with Crippen molar-refractivity contribution in [1.29, 1.82) is 0 Å². The molecule has 1 heterocycles. The van der Waals surface area contributed by atoms with Crippen LogP contribution in [0.25, 0.3) is 0 Å². The summed E-state index contributed by atoms with van der Waals surface area (Å²) in [6, 6.07) is 6.18. The van der Waals surface area contributed by atoms with Crippen molar-refractivity contribution in [3.05, 3.63) is 29.3 Å². The van der Waals surface area contributed by atoms with Gasteiger partial charge in [0, 0.05) is 13.1 Å². The normalized spacial score (nSPS) is 15.6. The Morgan fingerprint density at radius 3 is 2.74 bits per heavy atom. The maximum atomic E-state index is 12.0. The van der Waals surface area contributed by atoms with E-state index in [1.54, 1.807) is 12.1 Å². The first-order valence-electron chi connectivity index (χ1n) is 5.66. The minimum Gasteiger partial charge on any atom is -0.448 e. The Balaban J connectivity index is 1.95. The van der Waals surface area contributed by atoms with Gasteiger partial charge < -0.3 is 9.64 Å². The number of hydrogen-bond donors (Lipinski definition) is 1. The molecule has 19 heavy (non-hydrogen) atoms. The van der Waals surface area contributed by atoms with Gasteiger partial charge in [-0.3, -0.25) is 0 Å². The largest absolute Gasteiger partial charge is 0.448 e. The van der Waals surface area contributed by atoms with Gasteiger partial charge in [-0.1, -0.05) is 23.7 Å². The number of halogens is 1. The Kier molecular flexibility index (Phi) is 4.28. The van der Waals surface area contributed by atoms with Crippen LogP contribution in [0.4, 0.5) is 4.79 Å². The van der Waals surface area contributed by atoms with Crippen LogP contribution >= 0.6 is 11.6 Å². The second kappa shape index (κ2) is 5.77. The van der Waals surface area contributed by atoms with Gasteiger partial charge in [-0.25, -0.2) is 17.9 Å². The SMILES string of the molecule is O=C1OCCN1CCNS(=O)(=O)c1ccccc1Cl. The summed E-state index contributed by atoms with van der Waals surface area (Å²) in [5.41, 5.74) is 0. The minimum absolute atomic E-state index is 0.0284. The molecule has 0 aliphatic carbocycles. The molecule has 1 aromatic carbocycles. The summed E-state index contributed by atoms with van der Waals surface area (Å²) in [4.78, 5) is 12.6. The molecule has 1 N–H and O–H groups in total. The number of carbonyl (C=O) groups is 1. The van der Waals surface area contributed by atoms with E-state index < -0.39 is 16.1 Å². The second-order valence-corrected chi connectivity index (χ2v) is 6.07. The smallest absolute Gasteiger partial charge is 0.409 e. The zero-order valence-electron chi connectivity index (χ0n) is 10.0. The van der Waals surface area contributed by atoms with Crippen LogP contribution in [0.5, 0.6) is 0 Å². The standard InChI is InChI=1S/C11H13ClN2O4S/c12-9-3-1-2-4-10(9)19(16,17)13-5-6-14-7-8-18-11(14)15/h1-4,13H,5-8H2. The summed E-state index contributed by atoms with van der Waals surface area (Å²) in [6.45, 7) is 1.20. The summed E-state index contributed by atoms with van der Waals surface area (Å²) in [6.07, 6.45) is -0.419. The van der Waals surface area contributed by atoms with Gasteiger partial charge in [0.2, 0.25) is 10.0 Å². The number of cyclic esters (lactones) is 1. The molecule has 6 nitrogen and oxygen atoms in total. The van der Waals surface area contributed by atoms with E-state index in [0.717, 1.165) is 0 Å². The fourth-order valence-corrected chi connectivity index (χ4v) is 3.22. The van der Waals surface area contributed by atoms with E-state index in [1.807, 2.05) is 0 Å². The predicted molar refractivity (Wildman–Crippen MR) is 69.6 cm³/mol. The van der Waals surface area contributed by atoms with Crippen molar-refractivity contribution in [3.63, 3.8) is 0 Å². The molecule has 1 aliphatic rings. The zero-order valence-corrected chi connectivity index (χ0v) is 11.6. The summed E-state index contributed by atoms with van der Waals surface area (Å²) in [5.74, 6) is 0. The van der Waals surface area contributed by atoms with E-state index in [2.05, 4.69) is 4.72 Å². The molecule has 0 radical (unpaired) electrons. The average molecular weight is 305 g/mol. The molecular weight excluding hydrogens is 292 g/mol. The van der Waals surface area contributed by atoms with Crippen molar-refractivity contribution in [2.75, 3.05) is 26.2 Å². The lowest BCUT2D eigenvalue weighted by Gasteiger charge is -2.13. The van der Waals surface area contributed by atoms with Gasteiger partial charge >= 0.3 is 6.09 Å². The lowest BCUT2D eigenvalue weighted by atomic mass is 10.4. The fraction of sp³-hybridized carbons (Fsp3) is 0.364. The van der Waals surface area contributed by atoms with Gasteiger partial charge in [0.15, 0.2) is 0 Å². The molecule has 0 aromatic heterocycles. The van der Waals surface area contributed by atoms with Gasteiger partial charge in [0.05, 0.1) is 11.6 Å². The molecule has 0 saturated carbocycles. The van der Waals surface area contributed by atoms with E-state index >= 15 is 0 Å². The molecule has 1 amide bonds. The number of carbonyl (C=O) groups excluding carboxylic acids is 1. The number of sulfonamides is 1. The maximum absolute atomic E-state index is 12.0. The number of ether oxygens (including phenoxy) is 1. The molecule has 1 aliphatic heterocycles. The summed E-state index contributed by atoms with van der Waals surface area (Å²) in [7, 11) is -3.66. The molecule has 0 spiro atoms. The third-order valence-electron chi connectivity index (χ3n) is 2.64. The third-order valence-corrected chi connectivity index (χ3v) is 4.61. The van der Waals surface area contributed by atoms with E-state index in [1.165, 1.54) is 17.0 Å². The molecule has 8 heteroatoms. The highest BCUT2D eigenvalue weighted by atomic mass is 35.5. The zero-order chi connectivity index (χ0) is 13.9. The molecule has 2 rings (SSSR count). The average Bonchev–Trinajstić information content (AvgIpc) is 2.75. The summed E-state index contributed by atoms with van der Waals surface area (Å²) in [5, 5.41) is 0.163. The lowest BCUT2D eigenvalue weighted by molar-refractivity contribution is 0.159. The molecule has 0 atom stereocenters. The second-order valence-electron chi connectivity index (χ2n) is 3.93. The summed E-state index contributed by atoms with van der Waals surface area (Å²) >= 11 is 5.83. The number of nitrogens with zero attached hydrogens (tertiary/aromatic N) is 1. The van der Waals surface area contributed by atoms with Crippen LogP contribution < -0.4 is 4.72 Å². The first kappa shape index (κ1) is 14.1. The quantitative estimate of drug-likeness (QED) is 0.883. The molecule has 104 valence electrons. The Morgan fingerprint density at radius 1 is 1.37 bits per heavy atom. The topological polar surface area (TPSA) is 75.7 Å². The van der Waals surface area contributed by atoms with Crippen molar-refractivity contribution < 1.29 is 17.9 Å². The van der Waals surface area contributed by atoms with E-state index in [4.69, 9.17) is 16.3 Å². The Bertz CT molecular complexity index is 576. The van der Waals surface area contributed by atoms with Crippen LogP contribution in [0.3, 0.4) is 0 Å². The Hall–Kier alpha value is -1.31. The van der Waals surface area contributed by atoms with Gasteiger partial charge in [0.25, 0.3) is 0 Å². The third kappa shape index (κ3) is 3.37. The highest BCUT2D eigenvalue weighted by Crippen LogP contribution is 2.19. The maximum Gasteiger partial charge on any atom is 0.409 e. The molecule has 1 saturated heterocycles. The molecular formula is C11H13ClN2O4S. The Labute approximate surface area is 116 Å². The first-order chi connectivity index (χ1) is 9.00. The van der Waals surface area contributed by atoms with Crippen molar-refractivity contribution in [3.8, 4) is 0 Å². The molecule has 1 fully saturated rings. The van der Waals surface area contributed by atoms with Gasteiger partial charge in [0.1, 0.15) is 11.5 Å². The van der Waals surface area contributed by atoms with E-state index in [-0.39, 0.29) is 23.0 Å². The number of nitrogens with one attached hydrogen (secondary N) is 1. The van der Waals surface area contributed by atoms with E-state index in [9.17, 15) is 13.2 Å². The van der Waals surface area contributed by atoms with Crippen molar-refractivity contribution in [2.45, 2.75) is 4.90 Å². The van der Waals surface area contributed by atoms with Crippen LogP contribution in [0.2, 0.25) is 5.02 Å². The van der Waals surface area contributed by atoms with E-state index in [0.29, 0.717) is 13.2 Å². The van der Waals surface area contributed by atoms with Crippen molar-refractivity contribution in [1.82, 2.24) is 9.62 Å². The number of rotatable bonds is 5. The van der Waals surface area contributed by atoms with Crippen LogP contribution in [0.15, 0.2) is 29.2 Å². The van der Waals surface area contributed by atoms with Gasteiger partial charge in [-0.15, -0.1) is 0 Å². The number of amides is 1. The Morgan fingerprint density at radius 2 is 2.11 bits per heavy atom. The minimum atomic E-state index is -3.66. The lowest BCUT2D eigenvalue weighted by Crippen LogP contribution is -2.35. The highest BCUT2D eigenvalue weighted by Gasteiger charge is 2.22. The predicted octanol–water partition coefficient (Wildman–Crippen LogP) is 1.07. The van der Waals surface area contributed by atoms with Crippen LogP contribution in [0.1, 0.15) is 0 Å². The summed E-state index contributed by atoms with van der Waals surface area (Å²) < 4.78 is 31.1. The fourth-order valence-electron chi connectivity index (χ4n) is 1.68. The molecule has 0 bridgehead atoms. The molecule has 1 aromatic rings. The van der Waals surface area contributed by atoms with Crippen molar-refractivity contribution in [2.24, 2.45) is 0 Å². The number of benzene rings is 1. The highest BCUT2D eigenvalue weighted by molar-refractivity contribution is 7.89.